The highest BCUT2D eigenvalue weighted by molar-refractivity contribution is 9.10. The molecule has 96 valence electrons. The molecular formula is C15H13BrN2O. The Balaban J connectivity index is 2.26. The Hall–Kier alpha value is -1.99. The molecule has 3 nitrogen and oxygen atoms in total. The van der Waals surface area contributed by atoms with Crippen LogP contribution in [0.4, 0.5) is 11.4 Å². The second-order valence-corrected chi connectivity index (χ2v) is 4.80. The minimum atomic E-state index is 0.594. The predicted molar refractivity (Wildman–Crippen MR) is 79.8 cm³/mol. The molecule has 0 aliphatic rings. The van der Waals surface area contributed by atoms with Crippen molar-refractivity contribution in [3.8, 4) is 11.8 Å². The van der Waals surface area contributed by atoms with Crippen molar-refractivity contribution in [1.29, 1.82) is 5.26 Å². The number of ether oxygens (including phenoxy) is 1. The summed E-state index contributed by atoms with van der Waals surface area (Å²) in [6.45, 7) is 2.58. The molecule has 0 aliphatic heterocycles. The number of benzene rings is 2. The minimum absolute atomic E-state index is 0.594. The average molecular weight is 317 g/mol. The SMILES string of the molecule is CCOc1cccc(Nc2ccc(Br)cc2C#N)c1. The fraction of sp³-hybridized carbons (Fsp3) is 0.133. The van der Waals surface area contributed by atoms with E-state index >= 15 is 0 Å². The van der Waals surface area contributed by atoms with Gasteiger partial charge in [0.05, 0.1) is 17.9 Å². The van der Waals surface area contributed by atoms with Crippen molar-refractivity contribution < 1.29 is 4.74 Å². The maximum absolute atomic E-state index is 9.12. The van der Waals surface area contributed by atoms with E-state index in [1.807, 2.05) is 43.3 Å². The lowest BCUT2D eigenvalue weighted by molar-refractivity contribution is 0.340. The van der Waals surface area contributed by atoms with Gasteiger partial charge in [-0.1, -0.05) is 22.0 Å². The molecule has 0 amide bonds. The number of hydrogen-bond acceptors (Lipinski definition) is 3. The normalized spacial score (nSPS) is 9.74. The number of nitriles is 1. The van der Waals surface area contributed by atoms with Crippen molar-refractivity contribution in [1.82, 2.24) is 0 Å². The largest absolute Gasteiger partial charge is 0.494 e. The molecule has 2 aromatic carbocycles. The molecule has 1 N–H and O–H groups in total. The molecule has 0 saturated carbocycles. The molecule has 4 heteroatoms. The predicted octanol–water partition coefficient (Wildman–Crippen LogP) is 4.46. The van der Waals surface area contributed by atoms with Gasteiger partial charge >= 0.3 is 0 Å². The number of halogens is 1. The third-order valence-electron chi connectivity index (χ3n) is 2.53. The first kappa shape index (κ1) is 13.4. The summed E-state index contributed by atoms with van der Waals surface area (Å²) in [5, 5.41) is 12.4. The smallest absolute Gasteiger partial charge is 0.121 e. The molecule has 0 radical (unpaired) electrons. The number of hydrogen-bond donors (Lipinski definition) is 1. The third kappa shape index (κ3) is 3.49. The van der Waals surface area contributed by atoms with Gasteiger partial charge in [0.2, 0.25) is 0 Å². The minimum Gasteiger partial charge on any atom is -0.494 e. The molecule has 2 aromatic rings. The van der Waals surface area contributed by atoms with E-state index in [-0.39, 0.29) is 0 Å². The van der Waals surface area contributed by atoms with Crippen LogP contribution in [0.2, 0.25) is 0 Å². The average Bonchev–Trinajstić information content (AvgIpc) is 2.41. The summed E-state index contributed by atoms with van der Waals surface area (Å²) in [5.41, 5.74) is 2.26. The number of rotatable bonds is 4. The van der Waals surface area contributed by atoms with Crippen LogP contribution in [0.5, 0.6) is 5.75 Å². The molecule has 0 saturated heterocycles. The lowest BCUT2D eigenvalue weighted by atomic mass is 10.2. The van der Waals surface area contributed by atoms with Crippen LogP contribution in [0.1, 0.15) is 12.5 Å². The van der Waals surface area contributed by atoms with E-state index in [1.54, 1.807) is 6.07 Å². The lowest BCUT2D eigenvalue weighted by Gasteiger charge is -2.10. The van der Waals surface area contributed by atoms with Gasteiger partial charge in [0, 0.05) is 16.2 Å². The van der Waals surface area contributed by atoms with E-state index in [0.717, 1.165) is 21.6 Å². The van der Waals surface area contributed by atoms with Gasteiger partial charge in [0.15, 0.2) is 0 Å². The highest BCUT2D eigenvalue weighted by Gasteiger charge is 2.04. The zero-order chi connectivity index (χ0) is 13.7. The molecule has 0 atom stereocenters. The highest BCUT2D eigenvalue weighted by atomic mass is 79.9. The van der Waals surface area contributed by atoms with Gasteiger partial charge < -0.3 is 10.1 Å². The third-order valence-corrected chi connectivity index (χ3v) is 3.02. The zero-order valence-electron chi connectivity index (χ0n) is 10.5. The first-order valence-corrected chi connectivity index (χ1v) is 6.71. The Morgan fingerprint density at radius 3 is 2.84 bits per heavy atom. The molecule has 0 aromatic heterocycles. The molecule has 0 spiro atoms. The second-order valence-electron chi connectivity index (χ2n) is 3.89. The molecular weight excluding hydrogens is 304 g/mol. The Kier molecular flexibility index (Phi) is 4.43. The van der Waals surface area contributed by atoms with Gasteiger partial charge in [-0.05, 0) is 37.3 Å². The summed E-state index contributed by atoms with van der Waals surface area (Å²) >= 11 is 3.36. The van der Waals surface area contributed by atoms with Crippen LogP contribution in [-0.2, 0) is 0 Å². The van der Waals surface area contributed by atoms with E-state index in [2.05, 4.69) is 27.3 Å². The van der Waals surface area contributed by atoms with Gasteiger partial charge in [-0.2, -0.15) is 5.26 Å². The summed E-state index contributed by atoms with van der Waals surface area (Å²) < 4.78 is 6.33. The summed E-state index contributed by atoms with van der Waals surface area (Å²) in [7, 11) is 0. The van der Waals surface area contributed by atoms with Crippen molar-refractivity contribution in [3.05, 3.63) is 52.5 Å². The molecule has 0 bridgehead atoms. The monoisotopic (exact) mass is 316 g/mol. The zero-order valence-corrected chi connectivity index (χ0v) is 12.1. The van der Waals surface area contributed by atoms with Crippen molar-refractivity contribution in [3.63, 3.8) is 0 Å². The van der Waals surface area contributed by atoms with E-state index in [4.69, 9.17) is 10.00 Å². The molecule has 0 unspecified atom stereocenters. The topological polar surface area (TPSA) is 45.0 Å². The highest BCUT2D eigenvalue weighted by Crippen LogP contribution is 2.25. The Morgan fingerprint density at radius 1 is 1.26 bits per heavy atom. The second kappa shape index (κ2) is 6.26. The van der Waals surface area contributed by atoms with Crippen molar-refractivity contribution in [2.24, 2.45) is 0 Å². The van der Waals surface area contributed by atoms with Crippen LogP contribution in [-0.4, -0.2) is 6.61 Å². The summed E-state index contributed by atoms with van der Waals surface area (Å²) in [4.78, 5) is 0. The van der Waals surface area contributed by atoms with Crippen LogP contribution in [0.15, 0.2) is 46.9 Å². The summed E-state index contributed by atoms with van der Waals surface area (Å²) in [6.07, 6.45) is 0. The fourth-order valence-corrected chi connectivity index (χ4v) is 2.06. The Morgan fingerprint density at radius 2 is 2.11 bits per heavy atom. The van der Waals surface area contributed by atoms with E-state index in [9.17, 15) is 0 Å². The Labute approximate surface area is 121 Å². The first-order valence-electron chi connectivity index (χ1n) is 5.92. The van der Waals surface area contributed by atoms with E-state index < -0.39 is 0 Å². The number of nitrogens with one attached hydrogen (secondary N) is 1. The van der Waals surface area contributed by atoms with Gasteiger partial charge in [0.1, 0.15) is 11.8 Å². The van der Waals surface area contributed by atoms with Crippen molar-refractivity contribution in [2.75, 3.05) is 11.9 Å². The van der Waals surface area contributed by atoms with E-state index in [0.29, 0.717) is 12.2 Å². The molecule has 0 fully saturated rings. The van der Waals surface area contributed by atoms with Crippen molar-refractivity contribution in [2.45, 2.75) is 6.92 Å². The van der Waals surface area contributed by atoms with Gasteiger partial charge in [0.25, 0.3) is 0 Å². The van der Waals surface area contributed by atoms with Crippen LogP contribution >= 0.6 is 15.9 Å². The Bertz CT molecular complexity index is 620. The number of anilines is 2. The maximum atomic E-state index is 9.12. The quantitative estimate of drug-likeness (QED) is 0.905. The maximum Gasteiger partial charge on any atom is 0.121 e. The standard InChI is InChI=1S/C15H13BrN2O/c1-2-19-14-5-3-4-13(9-14)18-15-7-6-12(16)8-11(15)10-17/h3-9,18H,2H2,1H3. The van der Waals surface area contributed by atoms with Crippen LogP contribution in [0.25, 0.3) is 0 Å². The summed E-state index contributed by atoms with van der Waals surface area (Å²) in [5.74, 6) is 0.808. The number of nitrogens with zero attached hydrogens (tertiary/aromatic N) is 1. The van der Waals surface area contributed by atoms with Gasteiger partial charge in [-0.15, -0.1) is 0 Å². The summed E-state index contributed by atoms with van der Waals surface area (Å²) in [6, 6.07) is 15.4. The molecule has 2 rings (SSSR count). The van der Waals surface area contributed by atoms with Gasteiger partial charge in [-0.25, -0.2) is 0 Å². The fourth-order valence-electron chi connectivity index (χ4n) is 1.70. The lowest BCUT2D eigenvalue weighted by Crippen LogP contribution is -1.95. The van der Waals surface area contributed by atoms with Crippen LogP contribution in [0, 0.1) is 11.3 Å². The first-order chi connectivity index (χ1) is 9.22. The van der Waals surface area contributed by atoms with E-state index in [1.165, 1.54) is 0 Å². The van der Waals surface area contributed by atoms with Crippen LogP contribution in [0.3, 0.4) is 0 Å². The van der Waals surface area contributed by atoms with Crippen molar-refractivity contribution >= 4 is 27.3 Å². The van der Waals surface area contributed by atoms with Crippen LogP contribution < -0.4 is 10.1 Å². The molecule has 0 aliphatic carbocycles. The van der Waals surface area contributed by atoms with Gasteiger partial charge in [-0.3, -0.25) is 0 Å². The molecule has 19 heavy (non-hydrogen) atoms. The molecule has 0 heterocycles.